The molecule has 0 spiro atoms. The average molecular weight is 889 g/mol. The van der Waals surface area contributed by atoms with Crippen LogP contribution >= 0.6 is 0 Å². The zero-order valence-corrected chi connectivity index (χ0v) is 39.1. The molecule has 3 aromatic carbocycles. The lowest BCUT2D eigenvalue weighted by molar-refractivity contribution is -0.137. The van der Waals surface area contributed by atoms with E-state index in [1.807, 2.05) is 97.9 Å². The molecule has 0 saturated carbocycles. The van der Waals surface area contributed by atoms with Gasteiger partial charge in [-0.3, -0.25) is 30.0 Å². The normalized spacial score (nSPS) is 13.8. The van der Waals surface area contributed by atoms with Crippen molar-refractivity contribution >= 4 is 35.8 Å². The summed E-state index contributed by atoms with van der Waals surface area (Å²) in [6.45, 7) is 18.9. The molecule has 350 valence electrons. The van der Waals surface area contributed by atoms with Gasteiger partial charge in [-0.05, 0) is 92.3 Å². The van der Waals surface area contributed by atoms with Crippen LogP contribution in [0.15, 0.2) is 91.0 Å². The summed E-state index contributed by atoms with van der Waals surface area (Å²) in [4.78, 5) is 82.6. The summed E-state index contributed by atoms with van der Waals surface area (Å²) < 4.78 is 22.5. The largest absolute Gasteiger partial charge is 0.444 e. The van der Waals surface area contributed by atoms with Crippen LogP contribution in [0.2, 0.25) is 0 Å². The topological polar surface area (TPSA) is 212 Å². The predicted molar refractivity (Wildman–Crippen MR) is 243 cm³/mol. The highest BCUT2D eigenvalue weighted by atomic mass is 16.6. The summed E-state index contributed by atoms with van der Waals surface area (Å²) in [5.41, 5.74) is 2.88. The van der Waals surface area contributed by atoms with Gasteiger partial charge in [0.1, 0.15) is 34.9 Å². The van der Waals surface area contributed by atoms with Gasteiger partial charge in [0.15, 0.2) is 0 Å². The molecule has 4 atom stereocenters. The van der Waals surface area contributed by atoms with Gasteiger partial charge in [0.25, 0.3) is 11.8 Å². The van der Waals surface area contributed by atoms with Crippen LogP contribution in [0.4, 0.5) is 9.59 Å². The summed E-state index contributed by atoms with van der Waals surface area (Å²) in [5.74, 6) is -3.45. The molecular formula is C48H68N6O10. The Kier molecular flexibility index (Phi) is 19.3. The minimum atomic E-state index is -1.67. The van der Waals surface area contributed by atoms with Crippen molar-refractivity contribution in [2.24, 2.45) is 0 Å². The van der Waals surface area contributed by atoms with Gasteiger partial charge in [-0.25, -0.2) is 9.59 Å². The number of carbonyl (C=O) groups excluding carboxylic acids is 6. The van der Waals surface area contributed by atoms with Gasteiger partial charge in [-0.2, -0.15) is 0 Å². The van der Waals surface area contributed by atoms with Crippen molar-refractivity contribution in [1.29, 1.82) is 0 Å². The van der Waals surface area contributed by atoms with Crippen LogP contribution in [0, 0.1) is 0 Å². The Bertz CT molecular complexity index is 1880. The van der Waals surface area contributed by atoms with Crippen LogP contribution in [0.3, 0.4) is 0 Å². The van der Waals surface area contributed by atoms with Crippen molar-refractivity contribution in [2.45, 2.75) is 142 Å². The third-order valence-corrected chi connectivity index (χ3v) is 9.18. The van der Waals surface area contributed by atoms with Crippen molar-refractivity contribution in [1.82, 2.24) is 32.1 Å². The molecule has 0 aliphatic rings. The Morgan fingerprint density at radius 1 is 0.562 bits per heavy atom. The molecule has 0 aromatic heterocycles. The van der Waals surface area contributed by atoms with Gasteiger partial charge in [-0.15, -0.1) is 0 Å². The van der Waals surface area contributed by atoms with Crippen molar-refractivity contribution in [3.05, 3.63) is 108 Å². The van der Waals surface area contributed by atoms with E-state index in [9.17, 15) is 28.8 Å². The van der Waals surface area contributed by atoms with Crippen molar-refractivity contribution < 1.29 is 47.7 Å². The number of alkyl carbamates (subject to hydrolysis) is 2. The lowest BCUT2D eigenvalue weighted by Gasteiger charge is -2.37. The second-order valence-corrected chi connectivity index (χ2v) is 18.3. The highest BCUT2D eigenvalue weighted by Gasteiger charge is 2.40. The van der Waals surface area contributed by atoms with E-state index in [0.29, 0.717) is 29.7 Å². The van der Waals surface area contributed by atoms with E-state index in [1.165, 1.54) is 0 Å². The molecule has 0 bridgehead atoms. The molecule has 0 aliphatic carbocycles. The molecule has 0 radical (unpaired) electrons. The molecule has 6 amide bonds. The second-order valence-electron chi connectivity index (χ2n) is 18.3. The van der Waals surface area contributed by atoms with Crippen molar-refractivity contribution in [3.63, 3.8) is 0 Å². The van der Waals surface area contributed by atoms with Crippen molar-refractivity contribution in [2.75, 3.05) is 13.2 Å². The monoisotopic (exact) mass is 888 g/mol. The third kappa shape index (κ3) is 17.3. The van der Waals surface area contributed by atoms with Gasteiger partial charge in [0.2, 0.25) is 11.8 Å². The zero-order valence-electron chi connectivity index (χ0n) is 39.1. The summed E-state index contributed by atoms with van der Waals surface area (Å²) in [7, 11) is 0. The number of hydrogen-bond acceptors (Lipinski definition) is 10. The number of ether oxygens (including phenoxy) is 4. The summed E-state index contributed by atoms with van der Waals surface area (Å²) in [6, 6.07) is 23.5. The number of carbonyl (C=O) groups is 6. The van der Waals surface area contributed by atoms with Crippen molar-refractivity contribution in [3.8, 4) is 0 Å². The molecule has 16 nitrogen and oxygen atoms in total. The number of unbranched alkanes of at least 4 members (excludes halogenated alkanes) is 1. The minimum Gasteiger partial charge on any atom is -0.444 e. The van der Waals surface area contributed by atoms with Gasteiger partial charge < -0.3 is 40.2 Å². The fourth-order valence-corrected chi connectivity index (χ4v) is 6.53. The molecule has 64 heavy (non-hydrogen) atoms. The van der Waals surface area contributed by atoms with Gasteiger partial charge in [0.05, 0.1) is 24.7 Å². The number of rotatable bonds is 19. The third-order valence-electron chi connectivity index (χ3n) is 9.18. The number of hydrazine groups is 1. The number of hydrogen-bond donors (Lipinski definition) is 6. The van der Waals surface area contributed by atoms with Crippen LogP contribution in [0.1, 0.15) is 112 Å². The highest BCUT2D eigenvalue weighted by molar-refractivity contribution is 5.96. The number of amides is 6. The maximum atomic E-state index is 14.6. The summed E-state index contributed by atoms with van der Waals surface area (Å²) in [6.07, 6.45) is -1.93. The Morgan fingerprint density at radius 3 is 1.42 bits per heavy atom. The molecule has 0 saturated heterocycles. The highest BCUT2D eigenvalue weighted by Crippen LogP contribution is 2.37. The summed E-state index contributed by atoms with van der Waals surface area (Å²) >= 11 is 0. The van der Waals surface area contributed by atoms with Crippen LogP contribution < -0.4 is 32.1 Å². The van der Waals surface area contributed by atoms with E-state index >= 15 is 0 Å². The SMILES string of the molecule is CCCCOC[C@H](NC(=O)OC(C)(C)C)C(=O)NNC(=O)[C@H](CC(=O)NC(c1ccccc1)(c1ccccc1)c1ccccc1)NC(=O)[C@@H](NC(=O)OC(C)(C)C)C(C)OC(C)(C)C. The number of nitrogens with one attached hydrogen (secondary N) is 6. The quantitative estimate of drug-likeness (QED) is 0.0475. The van der Waals surface area contributed by atoms with E-state index in [2.05, 4.69) is 32.1 Å². The van der Waals surface area contributed by atoms with Crippen LogP contribution in [0.5, 0.6) is 0 Å². The molecule has 16 heteroatoms. The summed E-state index contributed by atoms with van der Waals surface area (Å²) in [5, 5.41) is 10.8. The first-order valence-corrected chi connectivity index (χ1v) is 21.6. The Hall–Kier alpha value is -6.00. The molecule has 3 rings (SSSR count). The van der Waals surface area contributed by atoms with Gasteiger partial charge >= 0.3 is 12.2 Å². The first-order chi connectivity index (χ1) is 29.9. The molecule has 0 aliphatic heterocycles. The maximum absolute atomic E-state index is 14.6. The lowest BCUT2D eigenvalue weighted by Crippen LogP contribution is -2.61. The average Bonchev–Trinajstić information content (AvgIpc) is 3.20. The second kappa shape index (κ2) is 23.6. The fourth-order valence-electron chi connectivity index (χ4n) is 6.53. The van der Waals surface area contributed by atoms with Gasteiger partial charge in [-0.1, -0.05) is 104 Å². The molecule has 0 heterocycles. The van der Waals surface area contributed by atoms with Crippen LogP contribution in [-0.4, -0.2) is 90.1 Å². The molecular weight excluding hydrogens is 821 g/mol. The predicted octanol–water partition coefficient (Wildman–Crippen LogP) is 5.92. The van der Waals surface area contributed by atoms with Crippen LogP contribution in [-0.2, 0) is 43.7 Å². The Morgan fingerprint density at radius 2 is 1.00 bits per heavy atom. The Labute approximate surface area is 377 Å². The minimum absolute atomic E-state index is 0.256. The van der Waals surface area contributed by atoms with E-state index in [4.69, 9.17) is 18.9 Å². The first kappa shape index (κ1) is 52.3. The smallest absolute Gasteiger partial charge is 0.408 e. The van der Waals surface area contributed by atoms with Gasteiger partial charge in [0, 0.05) is 6.61 Å². The van der Waals surface area contributed by atoms with E-state index in [0.717, 1.165) is 6.42 Å². The fraction of sp³-hybridized carbons (Fsp3) is 0.500. The van der Waals surface area contributed by atoms with E-state index in [-0.39, 0.29) is 6.61 Å². The first-order valence-electron chi connectivity index (χ1n) is 21.6. The Balaban J connectivity index is 2.06. The lowest BCUT2D eigenvalue weighted by atomic mass is 9.77. The van der Waals surface area contributed by atoms with E-state index < -0.39 is 88.8 Å². The molecule has 1 unspecified atom stereocenters. The maximum Gasteiger partial charge on any atom is 0.408 e. The molecule has 0 fully saturated rings. The number of benzene rings is 3. The van der Waals surface area contributed by atoms with Crippen LogP contribution in [0.25, 0.3) is 0 Å². The standard InChI is InChI=1S/C48H68N6O10/c1-12-13-29-61-31-37(50-43(59)63-46(6,7)8)41(57)54-53-40(56)36(49-42(58)39(32(2)62-45(3,4)5)51-44(60)64-47(9,10)11)30-38(55)52-48(33-23-17-14-18-24-33,34-25-19-15-20-26-34)35-27-21-16-22-28-35/h14-28,32,36-37,39H,12-13,29-31H2,1-11H3,(H,49,58)(H,50,59)(H,51,60)(H,52,55)(H,53,56)(H,54,57)/t32?,36-,37-,39-/m0/s1. The van der Waals surface area contributed by atoms with E-state index in [1.54, 1.807) is 69.2 Å². The molecule has 6 N–H and O–H groups in total. The zero-order chi connectivity index (χ0) is 47.7. The molecule has 3 aromatic rings.